The van der Waals surface area contributed by atoms with Gasteiger partial charge in [0, 0.05) is 6.54 Å². The summed E-state index contributed by atoms with van der Waals surface area (Å²) >= 11 is 0. The fraction of sp³-hybridized carbons (Fsp3) is 0.188. The van der Waals surface area contributed by atoms with E-state index in [9.17, 15) is 9.18 Å². The zero-order chi connectivity index (χ0) is 15.2. The van der Waals surface area contributed by atoms with E-state index in [-0.39, 0.29) is 11.7 Å². The molecular formula is C16H18FN3O. The first kappa shape index (κ1) is 15.0. The Labute approximate surface area is 123 Å². The number of nitrogens with two attached hydrogens (primary N) is 1. The van der Waals surface area contributed by atoms with E-state index in [1.807, 2.05) is 25.1 Å². The lowest BCUT2D eigenvalue weighted by atomic mass is 10.1. The first-order valence-electron chi connectivity index (χ1n) is 6.70. The van der Waals surface area contributed by atoms with Gasteiger partial charge in [-0.25, -0.2) is 4.39 Å². The van der Waals surface area contributed by atoms with Gasteiger partial charge in [-0.2, -0.15) is 0 Å². The number of benzene rings is 2. The molecule has 0 aliphatic heterocycles. The predicted octanol–water partition coefficient (Wildman–Crippen LogP) is 2.39. The quantitative estimate of drug-likeness (QED) is 0.584. The van der Waals surface area contributed by atoms with Crippen molar-refractivity contribution in [2.24, 2.45) is 5.84 Å². The number of carbonyl (C=O) groups is 1. The lowest BCUT2D eigenvalue weighted by Crippen LogP contribution is -2.27. The van der Waals surface area contributed by atoms with Crippen LogP contribution in [0.15, 0.2) is 42.5 Å². The van der Waals surface area contributed by atoms with E-state index >= 15 is 0 Å². The third kappa shape index (κ3) is 4.03. The highest BCUT2D eigenvalue weighted by Crippen LogP contribution is 2.16. The minimum atomic E-state index is -0.271. The zero-order valence-electron chi connectivity index (χ0n) is 11.8. The monoisotopic (exact) mass is 287 g/mol. The molecule has 0 heterocycles. The van der Waals surface area contributed by atoms with Crippen LogP contribution in [0.25, 0.3) is 0 Å². The number of halogens is 1. The van der Waals surface area contributed by atoms with Crippen LogP contribution in [-0.4, -0.2) is 12.5 Å². The van der Waals surface area contributed by atoms with Crippen LogP contribution in [0.2, 0.25) is 0 Å². The Bertz CT molecular complexity index is 643. The van der Waals surface area contributed by atoms with Crippen LogP contribution in [0.4, 0.5) is 10.1 Å². The highest BCUT2D eigenvalue weighted by Gasteiger charge is 2.10. The molecule has 0 saturated carbocycles. The topological polar surface area (TPSA) is 67.2 Å². The Morgan fingerprint density at radius 1 is 1.24 bits per heavy atom. The van der Waals surface area contributed by atoms with Crippen molar-refractivity contribution in [2.75, 3.05) is 12.0 Å². The summed E-state index contributed by atoms with van der Waals surface area (Å²) in [6, 6.07) is 11.7. The maximum Gasteiger partial charge on any atom is 0.253 e. The Balaban J connectivity index is 1.96. The maximum absolute atomic E-state index is 13.0. The number of hydrogen-bond donors (Lipinski definition) is 3. The fourth-order valence-corrected chi connectivity index (χ4v) is 2.08. The fourth-order valence-electron chi connectivity index (χ4n) is 2.08. The smallest absolute Gasteiger partial charge is 0.253 e. The van der Waals surface area contributed by atoms with Crippen molar-refractivity contribution in [1.82, 2.24) is 5.32 Å². The third-order valence-electron chi connectivity index (χ3n) is 3.16. The molecule has 2 aromatic carbocycles. The van der Waals surface area contributed by atoms with E-state index in [4.69, 9.17) is 5.84 Å². The molecule has 0 aliphatic carbocycles. The molecule has 0 fully saturated rings. The molecule has 110 valence electrons. The molecule has 0 spiro atoms. The van der Waals surface area contributed by atoms with E-state index in [1.54, 1.807) is 12.1 Å². The number of amides is 1. The molecule has 4 nitrogen and oxygen atoms in total. The first-order valence-corrected chi connectivity index (χ1v) is 6.70. The van der Waals surface area contributed by atoms with Crippen LogP contribution >= 0.6 is 0 Å². The molecule has 0 saturated heterocycles. The van der Waals surface area contributed by atoms with Crippen LogP contribution in [0, 0.1) is 12.7 Å². The Kier molecular flexibility index (Phi) is 4.90. The summed E-state index contributed by atoms with van der Waals surface area (Å²) in [4.78, 5) is 12.1. The van der Waals surface area contributed by atoms with Crippen molar-refractivity contribution < 1.29 is 9.18 Å². The first-order chi connectivity index (χ1) is 10.1. The van der Waals surface area contributed by atoms with Gasteiger partial charge in [0.25, 0.3) is 5.91 Å². The van der Waals surface area contributed by atoms with Gasteiger partial charge in [-0.05, 0) is 48.7 Å². The van der Waals surface area contributed by atoms with Gasteiger partial charge in [0.15, 0.2) is 0 Å². The van der Waals surface area contributed by atoms with Crippen LogP contribution in [0.5, 0.6) is 0 Å². The number of aryl methyl sites for hydroxylation is 1. The minimum absolute atomic E-state index is 0.209. The molecule has 0 bridgehead atoms. The summed E-state index contributed by atoms with van der Waals surface area (Å²) in [6.07, 6.45) is 0.570. The highest BCUT2D eigenvalue weighted by molar-refractivity contribution is 5.99. The molecule has 0 aliphatic rings. The summed E-state index contributed by atoms with van der Waals surface area (Å²) in [5.74, 6) is 4.94. The number of nitrogens with one attached hydrogen (secondary N) is 2. The van der Waals surface area contributed by atoms with Gasteiger partial charge in [-0.15, -0.1) is 0 Å². The van der Waals surface area contributed by atoms with Gasteiger partial charge in [-0.1, -0.05) is 18.2 Å². The van der Waals surface area contributed by atoms with Gasteiger partial charge in [-0.3, -0.25) is 10.6 Å². The molecule has 0 radical (unpaired) electrons. The average Bonchev–Trinajstić information content (AvgIpc) is 2.47. The lowest BCUT2D eigenvalue weighted by Gasteiger charge is -2.10. The molecule has 1 amide bonds. The third-order valence-corrected chi connectivity index (χ3v) is 3.16. The maximum atomic E-state index is 13.0. The summed E-state index contributed by atoms with van der Waals surface area (Å²) in [5, 5.41) is 2.80. The van der Waals surface area contributed by atoms with Crippen molar-refractivity contribution in [3.8, 4) is 0 Å². The lowest BCUT2D eigenvalue weighted by molar-refractivity contribution is 0.0955. The van der Waals surface area contributed by atoms with Crippen molar-refractivity contribution in [1.29, 1.82) is 0 Å². The number of hydrogen-bond acceptors (Lipinski definition) is 3. The Morgan fingerprint density at radius 3 is 2.76 bits per heavy atom. The zero-order valence-corrected chi connectivity index (χ0v) is 11.8. The van der Waals surface area contributed by atoms with Gasteiger partial charge in [0.1, 0.15) is 5.82 Å². The number of anilines is 1. The molecule has 0 unspecified atom stereocenters. The molecule has 4 N–H and O–H groups in total. The second-order valence-electron chi connectivity index (χ2n) is 4.83. The summed E-state index contributed by atoms with van der Waals surface area (Å²) < 4.78 is 13.0. The normalized spacial score (nSPS) is 10.2. The van der Waals surface area contributed by atoms with Gasteiger partial charge in [0.2, 0.25) is 0 Å². The predicted molar refractivity (Wildman–Crippen MR) is 81.4 cm³/mol. The van der Waals surface area contributed by atoms with Crippen molar-refractivity contribution in [3.63, 3.8) is 0 Å². The molecule has 2 aromatic rings. The van der Waals surface area contributed by atoms with Crippen LogP contribution in [0.3, 0.4) is 0 Å². The summed E-state index contributed by atoms with van der Waals surface area (Å²) in [6.45, 7) is 2.35. The number of nitrogen functional groups attached to an aromatic ring is 1. The van der Waals surface area contributed by atoms with Gasteiger partial charge < -0.3 is 10.7 Å². The highest BCUT2D eigenvalue weighted by atomic mass is 19.1. The standard InChI is InChI=1S/C16H18FN3O/c1-11-5-6-14(15(9-11)20-18)16(21)19-8-7-12-3-2-4-13(17)10-12/h2-6,9-10,20H,7-8,18H2,1H3,(H,19,21). The summed E-state index contributed by atoms with van der Waals surface area (Å²) in [5.41, 5.74) is 5.45. The van der Waals surface area contributed by atoms with E-state index in [1.165, 1.54) is 12.1 Å². The largest absolute Gasteiger partial charge is 0.352 e. The molecule has 2 rings (SSSR count). The van der Waals surface area contributed by atoms with E-state index < -0.39 is 0 Å². The van der Waals surface area contributed by atoms with Crippen molar-refractivity contribution in [2.45, 2.75) is 13.3 Å². The van der Waals surface area contributed by atoms with Crippen molar-refractivity contribution in [3.05, 3.63) is 65.0 Å². The van der Waals surface area contributed by atoms with Crippen LogP contribution < -0.4 is 16.6 Å². The molecule has 0 atom stereocenters. The molecule has 21 heavy (non-hydrogen) atoms. The molecule has 5 heteroatoms. The van der Waals surface area contributed by atoms with Gasteiger partial charge >= 0.3 is 0 Å². The molecule has 0 aromatic heterocycles. The van der Waals surface area contributed by atoms with E-state index in [0.29, 0.717) is 24.2 Å². The van der Waals surface area contributed by atoms with Crippen LogP contribution in [0.1, 0.15) is 21.5 Å². The molecular weight excluding hydrogens is 269 g/mol. The second kappa shape index (κ2) is 6.85. The summed E-state index contributed by atoms with van der Waals surface area (Å²) in [7, 11) is 0. The van der Waals surface area contributed by atoms with E-state index in [0.717, 1.165) is 11.1 Å². The average molecular weight is 287 g/mol. The van der Waals surface area contributed by atoms with E-state index in [2.05, 4.69) is 10.7 Å². The van der Waals surface area contributed by atoms with Gasteiger partial charge in [0.05, 0.1) is 11.3 Å². The minimum Gasteiger partial charge on any atom is -0.352 e. The number of hydrazine groups is 1. The Morgan fingerprint density at radius 2 is 2.05 bits per heavy atom. The van der Waals surface area contributed by atoms with Crippen LogP contribution in [-0.2, 0) is 6.42 Å². The number of rotatable bonds is 5. The SMILES string of the molecule is Cc1ccc(C(=O)NCCc2cccc(F)c2)c(NN)c1. The number of carbonyl (C=O) groups excluding carboxylic acids is 1. The second-order valence-corrected chi connectivity index (χ2v) is 4.83. The Hall–Kier alpha value is -2.40. The van der Waals surface area contributed by atoms with Crippen molar-refractivity contribution >= 4 is 11.6 Å².